The number of para-hydroxylation sites is 1. The van der Waals surface area contributed by atoms with Crippen LogP contribution in [0.25, 0.3) is 10.2 Å². The van der Waals surface area contributed by atoms with Crippen LogP contribution < -0.4 is 21.8 Å². The van der Waals surface area contributed by atoms with E-state index in [2.05, 4.69) is 15.3 Å². The van der Waals surface area contributed by atoms with Crippen LogP contribution in [0.4, 0.5) is 0 Å². The SMILES string of the molecule is NC(N)=[NH+]CCCC(NC(=O)[C@@H]1CS[C@H]2CC[C@H](Cc3ccccc3)C(=O)N21)C(=O)c1nc2ccccc2s1. The average molecular weight is 566 g/mol. The monoisotopic (exact) mass is 565 g/mol. The highest BCUT2D eigenvalue weighted by Gasteiger charge is 2.47. The Morgan fingerprint density at radius 3 is 2.64 bits per heavy atom. The first-order chi connectivity index (χ1) is 18.9. The quantitative estimate of drug-likeness (QED) is 0.124. The third-order valence-corrected chi connectivity index (χ3v) is 9.63. The van der Waals surface area contributed by atoms with Crippen molar-refractivity contribution in [2.45, 2.75) is 49.6 Å². The normalized spacial score (nSPS) is 21.4. The van der Waals surface area contributed by atoms with Crippen LogP contribution in [-0.4, -0.2) is 63.2 Å². The van der Waals surface area contributed by atoms with Gasteiger partial charge in [-0.05, 0) is 49.8 Å². The van der Waals surface area contributed by atoms with Crippen molar-refractivity contribution in [2.24, 2.45) is 17.4 Å². The number of ketones is 1. The standard InChI is InChI=1S/C28H32N6O3S2/c29-28(30)31-14-6-10-20(24(35)26-33-19-9-4-5-11-22(19)39-26)32-25(36)21-16-38-23-13-12-18(27(37)34(21)23)15-17-7-2-1-3-8-17/h1-5,7-9,11,18,20-21,23H,6,10,12-16H2,(H,32,36)(H4,29,30,31)/p+1/t18-,20?,21+,23+/m1/s1. The molecule has 204 valence electrons. The predicted molar refractivity (Wildman–Crippen MR) is 154 cm³/mol. The Kier molecular flexibility index (Phi) is 8.47. The number of nitrogens with two attached hydrogens (primary N) is 2. The van der Waals surface area contributed by atoms with Gasteiger partial charge in [0.25, 0.3) is 0 Å². The van der Waals surface area contributed by atoms with Gasteiger partial charge in [-0.15, -0.1) is 23.1 Å². The molecule has 0 spiro atoms. The molecule has 3 aromatic rings. The maximum absolute atomic E-state index is 13.6. The van der Waals surface area contributed by atoms with Crippen molar-refractivity contribution in [1.82, 2.24) is 15.2 Å². The average Bonchev–Trinajstić information content (AvgIpc) is 3.57. The number of nitrogens with zero attached hydrogens (tertiary/aromatic N) is 2. The molecule has 6 N–H and O–H groups in total. The number of hydrogen-bond acceptors (Lipinski definition) is 6. The van der Waals surface area contributed by atoms with E-state index in [-0.39, 0.29) is 34.8 Å². The molecule has 0 bridgehead atoms. The zero-order valence-corrected chi connectivity index (χ0v) is 23.2. The highest BCUT2D eigenvalue weighted by atomic mass is 32.2. The smallest absolute Gasteiger partial charge is 0.338 e. The largest absolute Gasteiger partial charge is 0.344 e. The molecule has 9 nitrogen and oxygen atoms in total. The van der Waals surface area contributed by atoms with E-state index in [1.807, 2.05) is 54.6 Å². The molecule has 2 amide bonds. The lowest BCUT2D eigenvalue weighted by molar-refractivity contribution is -0.459. The third kappa shape index (κ3) is 6.25. The molecule has 2 saturated heterocycles. The van der Waals surface area contributed by atoms with Crippen molar-refractivity contribution in [1.29, 1.82) is 0 Å². The van der Waals surface area contributed by atoms with Crippen molar-refractivity contribution in [3.05, 3.63) is 65.2 Å². The molecule has 3 heterocycles. The number of carbonyl (C=O) groups excluding carboxylic acids is 3. The van der Waals surface area contributed by atoms with E-state index < -0.39 is 12.1 Å². The lowest BCUT2D eigenvalue weighted by atomic mass is 9.89. The van der Waals surface area contributed by atoms with Crippen molar-refractivity contribution >= 4 is 56.9 Å². The third-order valence-electron chi connectivity index (χ3n) is 7.22. The Morgan fingerprint density at radius 1 is 1.10 bits per heavy atom. The molecule has 0 radical (unpaired) electrons. The highest BCUT2D eigenvalue weighted by molar-refractivity contribution is 8.00. The summed E-state index contributed by atoms with van der Waals surface area (Å²) in [6.07, 6.45) is 3.27. The van der Waals surface area contributed by atoms with Crippen molar-refractivity contribution in [2.75, 3.05) is 12.3 Å². The minimum Gasteiger partial charge on any atom is -0.344 e. The van der Waals surface area contributed by atoms with E-state index in [1.54, 1.807) is 16.7 Å². The van der Waals surface area contributed by atoms with E-state index in [1.165, 1.54) is 11.3 Å². The Hall–Kier alpha value is -3.44. The summed E-state index contributed by atoms with van der Waals surface area (Å²) in [5, 5.41) is 3.33. The van der Waals surface area contributed by atoms with Crippen LogP contribution in [-0.2, 0) is 16.0 Å². The van der Waals surface area contributed by atoms with Crippen LogP contribution in [0.5, 0.6) is 0 Å². The first-order valence-corrected chi connectivity index (χ1v) is 15.1. The molecule has 5 rings (SSSR count). The number of aromatic nitrogens is 1. The van der Waals surface area contributed by atoms with Gasteiger partial charge in [-0.3, -0.25) is 30.8 Å². The summed E-state index contributed by atoms with van der Waals surface area (Å²) in [7, 11) is 0. The number of fused-ring (bicyclic) bond motifs is 2. The Labute approximate surface area is 235 Å². The van der Waals surface area contributed by atoms with Gasteiger partial charge in [0.15, 0.2) is 5.01 Å². The predicted octanol–water partition coefficient (Wildman–Crippen LogP) is 1.02. The van der Waals surface area contributed by atoms with Crippen molar-refractivity contribution < 1.29 is 19.4 Å². The minimum atomic E-state index is -0.775. The number of thiazole rings is 1. The Balaban J connectivity index is 1.31. The molecule has 39 heavy (non-hydrogen) atoms. The van der Waals surface area contributed by atoms with Crippen LogP contribution >= 0.6 is 23.1 Å². The van der Waals surface area contributed by atoms with Gasteiger partial charge in [0.1, 0.15) is 6.04 Å². The van der Waals surface area contributed by atoms with Crippen LogP contribution in [0.15, 0.2) is 54.6 Å². The summed E-state index contributed by atoms with van der Waals surface area (Å²) in [6, 6.07) is 16.2. The van der Waals surface area contributed by atoms with Gasteiger partial charge < -0.3 is 10.2 Å². The lowest BCUT2D eigenvalue weighted by Gasteiger charge is -2.37. The molecule has 4 atom stereocenters. The highest BCUT2D eigenvalue weighted by Crippen LogP contribution is 2.39. The Bertz CT molecular complexity index is 1340. The molecule has 0 saturated carbocycles. The van der Waals surface area contributed by atoms with Gasteiger partial charge in [0, 0.05) is 11.7 Å². The van der Waals surface area contributed by atoms with Crippen molar-refractivity contribution in [3.63, 3.8) is 0 Å². The fourth-order valence-electron chi connectivity index (χ4n) is 5.25. The molecule has 1 unspecified atom stereocenters. The van der Waals surface area contributed by atoms with Crippen LogP contribution in [0.2, 0.25) is 0 Å². The van der Waals surface area contributed by atoms with Gasteiger partial charge in [-0.25, -0.2) is 4.98 Å². The van der Waals surface area contributed by atoms with Crippen LogP contribution in [0.1, 0.15) is 41.0 Å². The molecule has 2 aliphatic heterocycles. The number of benzene rings is 2. The summed E-state index contributed by atoms with van der Waals surface area (Å²) < 4.78 is 0.913. The molecular formula is C28H33N6O3S2+. The fraction of sp³-hybridized carbons (Fsp3) is 0.393. The van der Waals surface area contributed by atoms with Crippen LogP contribution in [0.3, 0.4) is 0 Å². The molecule has 2 aromatic carbocycles. The molecule has 11 heteroatoms. The van der Waals surface area contributed by atoms with E-state index in [0.29, 0.717) is 36.6 Å². The van der Waals surface area contributed by atoms with E-state index in [4.69, 9.17) is 11.5 Å². The van der Waals surface area contributed by atoms with Crippen LogP contribution in [0, 0.1) is 5.92 Å². The second-order valence-corrected chi connectivity index (χ2v) is 12.2. The molecular weight excluding hydrogens is 532 g/mol. The van der Waals surface area contributed by atoms with Gasteiger partial charge in [-0.2, -0.15) is 0 Å². The maximum Gasteiger partial charge on any atom is 0.338 e. The molecule has 2 fully saturated rings. The number of rotatable bonds is 10. The van der Waals surface area contributed by atoms with E-state index >= 15 is 0 Å². The molecule has 2 aliphatic rings. The number of guanidine groups is 1. The zero-order valence-electron chi connectivity index (χ0n) is 21.5. The zero-order chi connectivity index (χ0) is 27.4. The summed E-state index contributed by atoms with van der Waals surface area (Å²) in [5.74, 6) is -0.0349. The summed E-state index contributed by atoms with van der Waals surface area (Å²) in [6.45, 7) is 0.467. The number of carbonyl (C=O) groups is 3. The number of hydrogen-bond donors (Lipinski definition) is 4. The number of piperidine rings is 1. The first kappa shape index (κ1) is 27.1. The number of amides is 2. The maximum atomic E-state index is 13.6. The first-order valence-electron chi connectivity index (χ1n) is 13.2. The summed E-state index contributed by atoms with van der Waals surface area (Å²) in [5.41, 5.74) is 12.9. The summed E-state index contributed by atoms with van der Waals surface area (Å²) >= 11 is 2.96. The lowest BCUT2D eigenvalue weighted by Crippen LogP contribution is -2.78. The summed E-state index contributed by atoms with van der Waals surface area (Å²) in [4.78, 5) is 49.9. The number of nitrogens with one attached hydrogen (secondary N) is 2. The topological polar surface area (TPSA) is 145 Å². The van der Waals surface area contributed by atoms with Gasteiger partial charge >= 0.3 is 5.96 Å². The molecule has 0 aliphatic carbocycles. The minimum absolute atomic E-state index is 0.00838. The Morgan fingerprint density at radius 2 is 1.87 bits per heavy atom. The van der Waals surface area contributed by atoms with E-state index in [9.17, 15) is 14.4 Å². The van der Waals surface area contributed by atoms with Gasteiger partial charge in [0.05, 0.1) is 28.2 Å². The second-order valence-electron chi connectivity index (χ2n) is 9.95. The number of Topliss-reactive ketones (excluding diaryl/α,β-unsaturated/α-hetero) is 1. The van der Waals surface area contributed by atoms with E-state index in [0.717, 1.165) is 28.6 Å². The second kappa shape index (κ2) is 12.2. The van der Waals surface area contributed by atoms with Gasteiger partial charge in [-0.1, -0.05) is 42.5 Å². The van der Waals surface area contributed by atoms with Crippen molar-refractivity contribution in [3.8, 4) is 0 Å². The number of thioether (sulfide) groups is 1. The molecule has 1 aromatic heterocycles. The van der Waals surface area contributed by atoms with Gasteiger partial charge in [0.2, 0.25) is 17.6 Å². The fourth-order valence-corrected chi connectivity index (χ4v) is 7.64.